The number of hydrogen-bond donors (Lipinski definition) is 4. The number of ether oxygens (including phenoxy) is 1. The van der Waals surface area contributed by atoms with Crippen molar-refractivity contribution in [1.82, 2.24) is 24.8 Å². The average molecular weight is 305 g/mol. The van der Waals surface area contributed by atoms with E-state index in [4.69, 9.17) is 16.2 Å². The highest BCUT2D eigenvalue weighted by atomic mass is 16.6. The Hall–Kier alpha value is -2.30. The minimum Gasteiger partial charge on any atom is -0.388 e. The molecule has 116 valence electrons. The van der Waals surface area contributed by atoms with Gasteiger partial charge in [-0.25, -0.2) is 15.0 Å². The second kappa shape index (κ2) is 4.35. The van der Waals surface area contributed by atoms with E-state index in [0.29, 0.717) is 17.7 Å². The highest BCUT2D eigenvalue weighted by Gasteiger charge is 2.60. The molecule has 10 heteroatoms. The fourth-order valence-electron chi connectivity index (χ4n) is 3.31. The number of nitrogens with two attached hydrogens (primary N) is 2. The van der Waals surface area contributed by atoms with Crippen molar-refractivity contribution in [3.8, 4) is 0 Å². The Labute approximate surface area is 124 Å². The second-order valence-corrected chi connectivity index (χ2v) is 5.65. The summed E-state index contributed by atoms with van der Waals surface area (Å²) in [5, 5.41) is 13.6. The largest absolute Gasteiger partial charge is 0.388 e. The molecule has 2 aliphatic rings. The van der Waals surface area contributed by atoms with Crippen molar-refractivity contribution in [3.05, 3.63) is 12.7 Å². The average Bonchev–Trinajstić information content (AvgIpc) is 3.09. The summed E-state index contributed by atoms with van der Waals surface area (Å²) in [5.74, 6) is -0.253. The molecule has 2 aromatic heterocycles. The van der Waals surface area contributed by atoms with Crippen molar-refractivity contribution in [2.24, 2.45) is 5.73 Å². The molecule has 0 spiro atoms. The van der Waals surface area contributed by atoms with Crippen LogP contribution in [0.1, 0.15) is 12.6 Å². The van der Waals surface area contributed by atoms with Crippen LogP contribution in [-0.2, 0) is 9.53 Å². The van der Waals surface area contributed by atoms with Crippen molar-refractivity contribution in [2.75, 3.05) is 12.3 Å². The summed E-state index contributed by atoms with van der Waals surface area (Å²) in [7, 11) is 0. The molecule has 0 aromatic carbocycles. The van der Waals surface area contributed by atoms with Crippen LogP contribution in [0.25, 0.3) is 11.2 Å². The number of nitrogens with zero attached hydrogens (tertiary/aromatic N) is 4. The quantitative estimate of drug-likeness (QED) is 0.502. The number of anilines is 1. The molecular formula is C12H15N7O3. The standard InChI is InChI=1S/C12H15N7O3/c13-5(20)1-12-2-15-6(8(12)21)11(22-12)19-4-18-7-9(14)16-3-17-10(7)19/h3-4,6,8,11,15,21H,1-2H2,(H2,13,20)(H2,14,16,17)/t6-,8+,11+,12+/m1/s1. The number of aliphatic hydroxyl groups is 1. The van der Waals surface area contributed by atoms with Crippen molar-refractivity contribution in [3.63, 3.8) is 0 Å². The summed E-state index contributed by atoms with van der Waals surface area (Å²) in [6, 6.07) is -0.382. The van der Waals surface area contributed by atoms with Crippen LogP contribution in [0.15, 0.2) is 12.7 Å². The lowest BCUT2D eigenvalue weighted by molar-refractivity contribution is -0.137. The smallest absolute Gasteiger partial charge is 0.220 e. The van der Waals surface area contributed by atoms with Gasteiger partial charge in [0.15, 0.2) is 17.7 Å². The molecule has 4 rings (SSSR count). The highest BCUT2D eigenvalue weighted by Crippen LogP contribution is 2.44. The molecule has 6 N–H and O–H groups in total. The van der Waals surface area contributed by atoms with Gasteiger partial charge in [0.25, 0.3) is 0 Å². The number of aliphatic hydroxyl groups excluding tert-OH is 1. The Morgan fingerprint density at radius 2 is 2.36 bits per heavy atom. The Morgan fingerprint density at radius 3 is 3.14 bits per heavy atom. The summed E-state index contributed by atoms with van der Waals surface area (Å²) < 4.78 is 7.65. The van der Waals surface area contributed by atoms with Gasteiger partial charge in [0, 0.05) is 6.54 Å². The van der Waals surface area contributed by atoms with Crippen molar-refractivity contribution in [1.29, 1.82) is 0 Å². The first-order valence-corrected chi connectivity index (χ1v) is 6.82. The zero-order chi connectivity index (χ0) is 15.5. The van der Waals surface area contributed by atoms with Crippen LogP contribution >= 0.6 is 0 Å². The maximum Gasteiger partial charge on any atom is 0.220 e. The maximum absolute atomic E-state index is 11.3. The molecule has 0 aliphatic carbocycles. The number of primary amides is 1. The van der Waals surface area contributed by atoms with Gasteiger partial charge in [0.1, 0.15) is 23.5 Å². The van der Waals surface area contributed by atoms with Crippen LogP contribution in [-0.4, -0.2) is 54.8 Å². The summed E-state index contributed by atoms with van der Waals surface area (Å²) in [6.45, 7) is 0.363. The first-order chi connectivity index (χ1) is 10.5. The van der Waals surface area contributed by atoms with Crippen LogP contribution in [0.5, 0.6) is 0 Å². The third-order valence-electron chi connectivity index (χ3n) is 4.31. The number of hydrogen-bond acceptors (Lipinski definition) is 8. The number of imidazole rings is 1. The molecule has 2 aromatic rings. The predicted molar refractivity (Wildman–Crippen MR) is 74.2 cm³/mol. The molecule has 4 atom stereocenters. The van der Waals surface area contributed by atoms with E-state index in [1.807, 2.05) is 0 Å². The predicted octanol–water partition coefficient (Wildman–Crippen LogP) is -2.12. The van der Waals surface area contributed by atoms with Gasteiger partial charge in [-0.3, -0.25) is 9.36 Å². The number of aromatic nitrogens is 4. The van der Waals surface area contributed by atoms with E-state index in [9.17, 15) is 9.90 Å². The van der Waals surface area contributed by atoms with Crippen molar-refractivity contribution < 1.29 is 14.6 Å². The van der Waals surface area contributed by atoms with Crippen LogP contribution < -0.4 is 16.8 Å². The lowest BCUT2D eigenvalue weighted by Gasteiger charge is -2.30. The van der Waals surface area contributed by atoms with Gasteiger partial charge >= 0.3 is 0 Å². The van der Waals surface area contributed by atoms with Gasteiger partial charge in [-0.2, -0.15) is 0 Å². The van der Waals surface area contributed by atoms with E-state index < -0.39 is 23.8 Å². The number of carbonyl (C=O) groups excluding carboxylic acids is 1. The lowest BCUT2D eigenvalue weighted by atomic mass is 9.95. The molecule has 2 aliphatic heterocycles. The molecule has 1 amide bonds. The molecule has 0 unspecified atom stereocenters. The highest BCUT2D eigenvalue weighted by molar-refractivity contribution is 5.81. The third-order valence-corrected chi connectivity index (χ3v) is 4.31. The summed E-state index contributed by atoms with van der Waals surface area (Å²) in [4.78, 5) is 23.5. The Morgan fingerprint density at radius 1 is 1.55 bits per heavy atom. The number of amides is 1. The number of nitrogens with one attached hydrogen (secondary N) is 1. The van der Waals surface area contributed by atoms with E-state index in [0.717, 1.165) is 0 Å². The van der Waals surface area contributed by atoms with E-state index in [1.165, 1.54) is 12.7 Å². The zero-order valence-corrected chi connectivity index (χ0v) is 11.5. The summed E-state index contributed by atoms with van der Waals surface area (Å²) in [5.41, 5.74) is 11.0. The minimum atomic E-state index is -1.02. The van der Waals surface area contributed by atoms with Gasteiger partial charge in [0.05, 0.1) is 18.8 Å². The maximum atomic E-state index is 11.3. The second-order valence-electron chi connectivity index (χ2n) is 5.65. The van der Waals surface area contributed by atoms with E-state index >= 15 is 0 Å². The summed E-state index contributed by atoms with van der Waals surface area (Å²) >= 11 is 0. The van der Waals surface area contributed by atoms with Crippen LogP contribution in [0.2, 0.25) is 0 Å². The van der Waals surface area contributed by atoms with Crippen molar-refractivity contribution >= 4 is 22.9 Å². The van der Waals surface area contributed by atoms with Gasteiger partial charge in [-0.15, -0.1) is 0 Å². The molecule has 2 bridgehead atoms. The first kappa shape index (κ1) is 13.4. The SMILES string of the molecule is NC(=O)C[C@@]12CN[C@@H]([C@@H](n3cnc4c(N)ncnc43)O1)[C@@H]2O. The van der Waals surface area contributed by atoms with Crippen LogP contribution in [0.3, 0.4) is 0 Å². The fourth-order valence-corrected chi connectivity index (χ4v) is 3.31. The Bertz CT molecular complexity index is 762. The van der Waals surface area contributed by atoms with E-state index in [2.05, 4.69) is 20.3 Å². The summed E-state index contributed by atoms with van der Waals surface area (Å²) in [6.07, 6.45) is 1.42. The molecule has 4 heterocycles. The van der Waals surface area contributed by atoms with E-state index in [1.54, 1.807) is 4.57 Å². The van der Waals surface area contributed by atoms with Gasteiger partial charge < -0.3 is 26.6 Å². The number of rotatable bonds is 3. The normalized spacial score (nSPS) is 33.6. The number of morpholine rings is 1. The van der Waals surface area contributed by atoms with Gasteiger partial charge in [-0.05, 0) is 0 Å². The Kier molecular flexibility index (Phi) is 2.64. The third kappa shape index (κ3) is 1.65. The molecule has 22 heavy (non-hydrogen) atoms. The first-order valence-electron chi connectivity index (χ1n) is 6.82. The minimum absolute atomic E-state index is 0.0576. The van der Waals surface area contributed by atoms with Crippen LogP contribution in [0.4, 0.5) is 5.82 Å². The number of fused-ring (bicyclic) bond motifs is 3. The van der Waals surface area contributed by atoms with E-state index in [-0.39, 0.29) is 18.3 Å². The monoisotopic (exact) mass is 305 g/mol. The molecule has 2 fully saturated rings. The number of carbonyl (C=O) groups is 1. The fraction of sp³-hybridized carbons (Fsp3) is 0.500. The number of nitrogen functional groups attached to an aromatic ring is 1. The Balaban J connectivity index is 1.75. The van der Waals surface area contributed by atoms with Gasteiger partial charge in [0.2, 0.25) is 5.91 Å². The van der Waals surface area contributed by atoms with Crippen molar-refractivity contribution in [2.45, 2.75) is 30.4 Å². The lowest BCUT2D eigenvalue weighted by Crippen LogP contribution is -2.46. The molecule has 2 saturated heterocycles. The van der Waals surface area contributed by atoms with Crippen LogP contribution in [0, 0.1) is 0 Å². The molecule has 0 saturated carbocycles. The molecular weight excluding hydrogens is 290 g/mol. The molecule has 10 nitrogen and oxygen atoms in total. The molecule has 0 radical (unpaired) electrons. The topological polar surface area (TPSA) is 154 Å². The zero-order valence-electron chi connectivity index (χ0n) is 11.5. The van der Waals surface area contributed by atoms with Gasteiger partial charge in [-0.1, -0.05) is 0 Å².